The number of nitrogens with zero attached hydrogens (tertiary/aromatic N) is 2. The molecule has 8 nitrogen and oxygen atoms in total. The second-order valence-electron chi connectivity index (χ2n) is 4.85. The lowest BCUT2D eigenvalue weighted by Gasteiger charge is -2.22. The van der Waals surface area contributed by atoms with E-state index in [1.54, 1.807) is 31.2 Å². The lowest BCUT2D eigenvalue weighted by Crippen LogP contribution is -2.26. The van der Waals surface area contributed by atoms with Crippen LogP contribution in [0.4, 0.5) is 0 Å². The van der Waals surface area contributed by atoms with E-state index in [-0.39, 0.29) is 17.5 Å². The summed E-state index contributed by atoms with van der Waals surface area (Å²) in [6.45, 7) is 1.77. The van der Waals surface area contributed by atoms with Gasteiger partial charge in [0.05, 0.1) is 17.6 Å². The van der Waals surface area contributed by atoms with Crippen LogP contribution in [0.3, 0.4) is 0 Å². The molecule has 0 bridgehead atoms. The Morgan fingerprint density at radius 2 is 2.18 bits per heavy atom. The predicted octanol–water partition coefficient (Wildman–Crippen LogP) is 1.66. The van der Waals surface area contributed by atoms with E-state index in [0.717, 1.165) is 0 Å². The average molecular weight is 302 g/mol. The minimum absolute atomic E-state index is 0.221. The number of nitrogens with two attached hydrogens (primary N) is 1. The minimum atomic E-state index is -0.714. The fraction of sp³-hybridized carbons (Fsp3) is 0.214. The molecule has 1 aliphatic rings. The van der Waals surface area contributed by atoms with E-state index in [4.69, 9.17) is 15.2 Å². The van der Waals surface area contributed by atoms with E-state index in [1.807, 2.05) is 0 Å². The lowest BCUT2D eigenvalue weighted by atomic mass is 9.87. The van der Waals surface area contributed by atoms with Crippen LogP contribution >= 0.6 is 0 Å². The second kappa shape index (κ2) is 5.06. The van der Waals surface area contributed by atoms with Gasteiger partial charge in [0.1, 0.15) is 11.7 Å². The number of nitro groups is 1. The molecule has 1 aromatic carbocycles. The Bertz CT molecular complexity index is 781. The number of para-hydroxylation sites is 1. The summed E-state index contributed by atoms with van der Waals surface area (Å²) in [7, 11) is 1.51. The summed E-state index contributed by atoms with van der Waals surface area (Å²) in [5.74, 6) is -0.196. The first-order valence-corrected chi connectivity index (χ1v) is 6.54. The molecule has 22 heavy (non-hydrogen) atoms. The molecular weight excluding hydrogens is 288 g/mol. The van der Waals surface area contributed by atoms with E-state index in [9.17, 15) is 10.1 Å². The van der Waals surface area contributed by atoms with Crippen molar-refractivity contribution in [2.24, 2.45) is 5.73 Å². The fourth-order valence-corrected chi connectivity index (χ4v) is 2.67. The van der Waals surface area contributed by atoms with Gasteiger partial charge in [-0.3, -0.25) is 15.2 Å². The number of allylic oxidation sites excluding steroid dienone is 1. The molecule has 2 heterocycles. The van der Waals surface area contributed by atoms with Gasteiger partial charge in [0.25, 0.3) is 5.88 Å². The number of nitrogens with one attached hydrogen (secondary N) is 1. The van der Waals surface area contributed by atoms with E-state index in [2.05, 4.69) is 10.2 Å². The SMILES string of the molecule is COc1ccccc1C1C([N+](=O)[O-])=C(N)Oc2n[nH]c(C)c21. The van der Waals surface area contributed by atoms with Crippen LogP contribution in [0, 0.1) is 17.0 Å². The molecule has 0 amide bonds. The zero-order valence-corrected chi connectivity index (χ0v) is 12.0. The summed E-state index contributed by atoms with van der Waals surface area (Å²) >= 11 is 0. The quantitative estimate of drug-likeness (QED) is 0.658. The third-order valence-electron chi connectivity index (χ3n) is 3.63. The highest BCUT2D eigenvalue weighted by Crippen LogP contribution is 2.45. The molecule has 114 valence electrons. The molecule has 3 rings (SSSR count). The molecule has 0 saturated heterocycles. The molecule has 0 saturated carbocycles. The fourth-order valence-electron chi connectivity index (χ4n) is 2.67. The van der Waals surface area contributed by atoms with Gasteiger partial charge in [-0.1, -0.05) is 18.2 Å². The van der Waals surface area contributed by atoms with Gasteiger partial charge in [-0.2, -0.15) is 0 Å². The normalized spacial score (nSPS) is 16.9. The highest BCUT2D eigenvalue weighted by atomic mass is 16.6. The van der Waals surface area contributed by atoms with Gasteiger partial charge in [-0.05, 0) is 13.0 Å². The number of fused-ring (bicyclic) bond motifs is 1. The summed E-state index contributed by atoms with van der Waals surface area (Å²) in [6.07, 6.45) is 0. The Morgan fingerprint density at radius 3 is 2.86 bits per heavy atom. The third kappa shape index (κ3) is 1.96. The molecule has 0 spiro atoms. The number of rotatable bonds is 3. The van der Waals surface area contributed by atoms with E-state index >= 15 is 0 Å². The number of hydrogen-bond donors (Lipinski definition) is 2. The van der Waals surface area contributed by atoms with Crippen molar-refractivity contribution in [3.05, 3.63) is 62.8 Å². The van der Waals surface area contributed by atoms with E-state index < -0.39 is 10.8 Å². The smallest absolute Gasteiger partial charge is 0.317 e. The summed E-state index contributed by atoms with van der Waals surface area (Å²) in [6, 6.07) is 7.09. The monoisotopic (exact) mass is 302 g/mol. The van der Waals surface area contributed by atoms with Crippen molar-refractivity contribution in [2.45, 2.75) is 12.8 Å². The van der Waals surface area contributed by atoms with Gasteiger partial charge < -0.3 is 15.2 Å². The maximum atomic E-state index is 11.5. The third-order valence-corrected chi connectivity index (χ3v) is 3.63. The summed E-state index contributed by atoms with van der Waals surface area (Å²) in [5.41, 5.74) is 7.42. The van der Waals surface area contributed by atoms with E-state index in [1.165, 1.54) is 7.11 Å². The summed E-state index contributed by atoms with van der Waals surface area (Å²) < 4.78 is 10.6. The highest BCUT2D eigenvalue weighted by Gasteiger charge is 2.42. The van der Waals surface area contributed by atoms with Gasteiger partial charge in [-0.15, -0.1) is 5.10 Å². The van der Waals surface area contributed by atoms with Crippen molar-refractivity contribution >= 4 is 0 Å². The Morgan fingerprint density at radius 1 is 1.45 bits per heavy atom. The zero-order chi connectivity index (χ0) is 15.9. The molecule has 1 atom stereocenters. The number of H-pyrrole nitrogens is 1. The van der Waals surface area contributed by atoms with Crippen molar-refractivity contribution in [1.82, 2.24) is 10.2 Å². The molecule has 0 fully saturated rings. The van der Waals surface area contributed by atoms with E-state index in [0.29, 0.717) is 22.6 Å². The number of benzene rings is 1. The van der Waals surface area contributed by atoms with Crippen LogP contribution in [0.15, 0.2) is 35.8 Å². The maximum Gasteiger partial charge on any atom is 0.317 e. The maximum absolute atomic E-state index is 11.5. The number of ether oxygens (including phenoxy) is 2. The van der Waals surface area contributed by atoms with Crippen molar-refractivity contribution in [1.29, 1.82) is 0 Å². The standard InChI is InChI=1S/C14H14N4O4/c1-7-10-11(8-5-3-4-6-9(8)21-2)12(18(19)20)13(15)22-14(10)17-16-7/h3-6,11H,15H2,1-2H3,(H,16,17). The van der Waals surface area contributed by atoms with Crippen LogP contribution in [0.25, 0.3) is 0 Å². The number of aromatic nitrogens is 2. The van der Waals surface area contributed by atoms with Crippen LogP contribution in [-0.4, -0.2) is 22.2 Å². The number of methoxy groups -OCH3 is 1. The molecular formula is C14H14N4O4. The van der Waals surface area contributed by atoms with Crippen molar-refractivity contribution in [3.63, 3.8) is 0 Å². The molecule has 1 aromatic heterocycles. The van der Waals surface area contributed by atoms with Crippen molar-refractivity contribution < 1.29 is 14.4 Å². The Balaban J connectivity index is 2.29. The van der Waals surface area contributed by atoms with Crippen LogP contribution in [0.1, 0.15) is 22.7 Å². The molecule has 8 heteroatoms. The Kier molecular flexibility index (Phi) is 3.21. The topological polar surface area (TPSA) is 116 Å². The number of aryl methyl sites for hydroxylation is 1. The summed E-state index contributed by atoms with van der Waals surface area (Å²) in [5, 5.41) is 18.3. The molecule has 0 aliphatic carbocycles. The van der Waals surface area contributed by atoms with Gasteiger partial charge in [0.2, 0.25) is 5.88 Å². The van der Waals surface area contributed by atoms with Crippen LogP contribution < -0.4 is 15.2 Å². The summed E-state index contributed by atoms with van der Waals surface area (Å²) in [4.78, 5) is 11.0. The Hall–Kier alpha value is -3.03. The molecule has 1 unspecified atom stereocenters. The van der Waals surface area contributed by atoms with Crippen LogP contribution in [0.5, 0.6) is 11.6 Å². The van der Waals surface area contributed by atoms with Gasteiger partial charge in [-0.25, -0.2) is 0 Å². The van der Waals surface area contributed by atoms with Crippen molar-refractivity contribution in [3.8, 4) is 11.6 Å². The minimum Gasteiger partial charge on any atom is -0.496 e. The van der Waals surface area contributed by atoms with Gasteiger partial charge in [0.15, 0.2) is 0 Å². The first-order chi connectivity index (χ1) is 10.5. The highest BCUT2D eigenvalue weighted by molar-refractivity contribution is 5.53. The molecule has 0 radical (unpaired) electrons. The first-order valence-electron chi connectivity index (χ1n) is 6.54. The average Bonchev–Trinajstić information content (AvgIpc) is 2.86. The van der Waals surface area contributed by atoms with Gasteiger partial charge in [0, 0.05) is 11.3 Å². The first kappa shape index (κ1) is 13.9. The Labute approximate surface area is 125 Å². The largest absolute Gasteiger partial charge is 0.496 e. The number of aromatic amines is 1. The van der Waals surface area contributed by atoms with Gasteiger partial charge >= 0.3 is 5.70 Å². The molecule has 2 aromatic rings. The molecule has 1 aliphatic heterocycles. The second-order valence-corrected chi connectivity index (χ2v) is 4.85. The zero-order valence-electron chi connectivity index (χ0n) is 12.0. The predicted molar refractivity (Wildman–Crippen MR) is 77.0 cm³/mol. The van der Waals surface area contributed by atoms with Crippen LogP contribution in [-0.2, 0) is 0 Å². The lowest BCUT2D eigenvalue weighted by molar-refractivity contribution is -0.432. The number of hydrogen-bond acceptors (Lipinski definition) is 6. The molecule has 3 N–H and O–H groups in total. The van der Waals surface area contributed by atoms with Crippen molar-refractivity contribution in [2.75, 3.05) is 7.11 Å². The van der Waals surface area contributed by atoms with Crippen LogP contribution in [0.2, 0.25) is 0 Å².